The molecule has 10 heteroatoms. The molecule has 1 aromatic carbocycles. The summed E-state index contributed by atoms with van der Waals surface area (Å²) in [5.74, 6) is 0.684. The third kappa shape index (κ3) is 4.09. The molecular weight excluding hydrogens is 340 g/mol. The van der Waals surface area contributed by atoms with Crippen molar-refractivity contribution in [3.05, 3.63) is 34.4 Å². The largest absolute Gasteiger partial charge is 0.497 e. The van der Waals surface area contributed by atoms with E-state index in [2.05, 4.69) is 20.6 Å². The highest BCUT2D eigenvalue weighted by molar-refractivity contribution is 5.74. The highest BCUT2D eigenvalue weighted by Gasteiger charge is 2.24. The van der Waals surface area contributed by atoms with Crippen LogP contribution in [-0.4, -0.2) is 41.3 Å². The van der Waals surface area contributed by atoms with Crippen LogP contribution in [0.1, 0.15) is 12.8 Å². The van der Waals surface area contributed by atoms with Crippen LogP contribution >= 0.6 is 0 Å². The number of nitro groups is 1. The van der Waals surface area contributed by atoms with Crippen LogP contribution in [0.4, 0.5) is 29.0 Å². The zero-order chi connectivity index (χ0) is 18.5. The van der Waals surface area contributed by atoms with Gasteiger partial charge in [-0.25, -0.2) is 0 Å². The standard InChI is InChI=1S/C16H20N6O4/c1-25-11-6-4-10(5-7-11)19-15-13(22(23)24)14(17)20-16(21-15)18-9-12-3-2-8-26-12/h4-7,12H,2-3,8-9H2,1H3,(H4,17,18,19,20,21)/t12-/m0/s1. The van der Waals surface area contributed by atoms with Gasteiger partial charge in [-0.05, 0) is 37.1 Å². The van der Waals surface area contributed by atoms with E-state index in [1.54, 1.807) is 31.4 Å². The molecule has 4 N–H and O–H groups in total. The van der Waals surface area contributed by atoms with Crippen LogP contribution in [0.5, 0.6) is 5.75 Å². The molecule has 0 amide bonds. The number of hydrogen-bond donors (Lipinski definition) is 3. The Labute approximate surface area is 149 Å². The van der Waals surface area contributed by atoms with Crippen LogP contribution in [0.2, 0.25) is 0 Å². The average molecular weight is 360 g/mol. The summed E-state index contributed by atoms with van der Waals surface area (Å²) in [5.41, 5.74) is 6.02. The lowest BCUT2D eigenvalue weighted by Gasteiger charge is -2.13. The lowest BCUT2D eigenvalue weighted by Crippen LogP contribution is -2.20. The van der Waals surface area contributed by atoms with Crippen LogP contribution in [0.25, 0.3) is 0 Å². The minimum atomic E-state index is -0.606. The highest BCUT2D eigenvalue weighted by atomic mass is 16.6. The van der Waals surface area contributed by atoms with Gasteiger partial charge >= 0.3 is 5.69 Å². The van der Waals surface area contributed by atoms with Gasteiger partial charge in [0.05, 0.1) is 18.1 Å². The van der Waals surface area contributed by atoms with Crippen LogP contribution < -0.4 is 21.1 Å². The number of aromatic nitrogens is 2. The van der Waals surface area contributed by atoms with Crippen molar-refractivity contribution in [1.82, 2.24) is 9.97 Å². The van der Waals surface area contributed by atoms with Crippen molar-refractivity contribution in [3.8, 4) is 5.75 Å². The fourth-order valence-electron chi connectivity index (χ4n) is 2.64. The summed E-state index contributed by atoms with van der Waals surface area (Å²) in [6, 6.07) is 6.91. The van der Waals surface area contributed by atoms with Crippen molar-refractivity contribution in [2.45, 2.75) is 18.9 Å². The number of benzene rings is 1. The van der Waals surface area contributed by atoms with Crippen LogP contribution in [0.3, 0.4) is 0 Å². The van der Waals surface area contributed by atoms with E-state index in [1.807, 2.05) is 0 Å². The third-order valence-corrected chi connectivity index (χ3v) is 3.96. The van der Waals surface area contributed by atoms with Crippen molar-refractivity contribution < 1.29 is 14.4 Å². The van der Waals surface area contributed by atoms with E-state index in [0.29, 0.717) is 18.0 Å². The van der Waals surface area contributed by atoms with Crippen molar-refractivity contribution in [1.29, 1.82) is 0 Å². The smallest absolute Gasteiger partial charge is 0.353 e. The fourth-order valence-corrected chi connectivity index (χ4v) is 2.64. The van der Waals surface area contributed by atoms with E-state index in [1.165, 1.54) is 0 Å². The van der Waals surface area contributed by atoms with Crippen LogP contribution in [0, 0.1) is 10.1 Å². The first-order valence-electron chi connectivity index (χ1n) is 8.15. The Balaban J connectivity index is 1.83. The maximum atomic E-state index is 11.4. The van der Waals surface area contributed by atoms with Gasteiger partial charge in [0.1, 0.15) is 5.75 Å². The summed E-state index contributed by atoms with van der Waals surface area (Å²) in [4.78, 5) is 18.9. The molecule has 2 aromatic rings. The molecule has 0 bridgehead atoms. The number of anilines is 4. The molecule has 0 unspecified atom stereocenters. The monoisotopic (exact) mass is 360 g/mol. The van der Waals surface area contributed by atoms with Gasteiger partial charge in [0.2, 0.25) is 17.6 Å². The number of nitrogens with zero attached hydrogens (tertiary/aromatic N) is 3. The quantitative estimate of drug-likeness (QED) is 0.501. The summed E-state index contributed by atoms with van der Waals surface area (Å²) >= 11 is 0. The molecule has 26 heavy (non-hydrogen) atoms. The molecule has 138 valence electrons. The summed E-state index contributed by atoms with van der Waals surface area (Å²) < 4.78 is 10.6. The molecule has 0 aliphatic carbocycles. The maximum absolute atomic E-state index is 11.4. The second kappa shape index (κ2) is 7.83. The van der Waals surface area contributed by atoms with Crippen molar-refractivity contribution >= 4 is 29.0 Å². The number of nitrogen functional groups attached to an aromatic ring is 1. The van der Waals surface area contributed by atoms with E-state index in [4.69, 9.17) is 15.2 Å². The lowest BCUT2D eigenvalue weighted by atomic mass is 10.2. The predicted molar refractivity (Wildman–Crippen MR) is 96.8 cm³/mol. The van der Waals surface area contributed by atoms with Gasteiger partial charge in [-0.15, -0.1) is 0 Å². The number of rotatable bonds is 7. The molecule has 1 aromatic heterocycles. The molecule has 1 saturated heterocycles. The third-order valence-electron chi connectivity index (χ3n) is 3.96. The minimum absolute atomic E-state index is 0.0162. The molecule has 1 fully saturated rings. The molecule has 1 aliphatic rings. The first-order valence-corrected chi connectivity index (χ1v) is 8.15. The Morgan fingerprint density at radius 1 is 1.38 bits per heavy atom. The van der Waals surface area contributed by atoms with Gasteiger partial charge in [-0.3, -0.25) is 10.1 Å². The summed E-state index contributed by atoms with van der Waals surface area (Å²) in [6.07, 6.45) is 2.04. The van der Waals surface area contributed by atoms with E-state index < -0.39 is 4.92 Å². The average Bonchev–Trinajstić information content (AvgIpc) is 3.13. The lowest BCUT2D eigenvalue weighted by molar-refractivity contribution is -0.383. The van der Waals surface area contributed by atoms with E-state index in [9.17, 15) is 10.1 Å². The molecule has 3 rings (SSSR count). The first-order chi connectivity index (χ1) is 12.6. The Morgan fingerprint density at radius 3 is 2.77 bits per heavy atom. The van der Waals surface area contributed by atoms with Gasteiger partial charge in [-0.2, -0.15) is 9.97 Å². The Kier molecular flexibility index (Phi) is 5.32. The molecular formula is C16H20N6O4. The van der Waals surface area contributed by atoms with Gasteiger partial charge in [0.25, 0.3) is 0 Å². The molecule has 10 nitrogen and oxygen atoms in total. The van der Waals surface area contributed by atoms with Crippen LogP contribution in [0.15, 0.2) is 24.3 Å². The van der Waals surface area contributed by atoms with Gasteiger partial charge in [-0.1, -0.05) is 0 Å². The maximum Gasteiger partial charge on any atom is 0.353 e. The SMILES string of the molecule is COc1ccc(Nc2nc(NC[C@@H]3CCCO3)nc(N)c2[N+](=O)[O-])cc1. The molecule has 1 aliphatic heterocycles. The summed E-state index contributed by atoms with van der Waals surface area (Å²) in [6.45, 7) is 1.25. The Hall–Kier alpha value is -3.14. The van der Waals surface area contributed by atoms with Crippen molar-refractivity contribution in [3.63, 3.8) is 0 Å². The number of nitrogens with two attached hydrogens (primary N) is 1. The van der Waals surface area contributed by atoms with E-state index in [0.717, 1.165) is 19.4 Å². The normalized spacial score (nSPS) is 16.3. The molecule has 0 spiro atoms. The molecule has 1 atom stereocenters. The second-order valence-electron chi connectivity index (χ2n) is 5.76. The van der Waals surface area contributed by atoms with E-state index in [-0.39, 0.29) is 29.4 Å². The van der Waals surface area contributed by atoms with Crippen molar-refractivity contribution in [2.75, 3.05) is 36.6 Å². The predicted octanol–water partition coefficient (Wildman–Crippen LogP) is 2.31. The van der Waals surface area contributed by atoms with Crippen molar-refractivity contribution in [2.24, 2.45) is 0 Å². The molecule has 0 saturated carbocycles. The zero-order valence-electron chi connectivity index (χ0n) is 14.3. The van der Waals surface area contributed by atoms with E-state index >= 15 is 0 Å². The molecule has 2 heterocycles. The Bertz CT molecular complexity index is 777. The second-order valence-corrected chi connectivity index (χ2v) is 5.76. The number of nitrogens with one attached hydrogen (secondary N) is 2. The molecule has 0 radical (unpaired) electrons. The number of ether oxygens (including phenoxy) is 2. The number of methoxy groups -OCH3 is 1. The first kappa shape index (κ1) is 17.7. The Morgan fingerprint density at radius 2 is 2.15 bits per heavy atom. The van der Waals surface area contributed by atoms with Gasteiger partial charge < -0.3 is 25.8 Å². The number of hydrogen-bond acceptors (Lipinski definition) is 9. The topological polar surface area (TPSA) is 137 Å². The van der Waals surface area contributed by atoms with Crippen LogP contribution in [-0.2, 0) is 4.74 Å². The highest BCUT2D eigenvalue weighted by Crippen LogP contribution is 2.31. The zero-order valence-corrected chi connectivity index (χ0v) is 14.3. The summed E-state index contributed by atoms with van der Waals surface area (Å²) in [5, 5.41) is 17.3. The minimum Gasteiger partial charge on any atom is -0.497 e. The summed E-state index contributed by atoms with van der Waals surface area (Å²) in [7, 11) is 1.56. The fraction of sp³-hybridized carbons (Fsp3) is 0.375. The van der Waals surface area contributed by atoms with Gasteiger partial charge in [0.15, 0.2) is 0 Å². The van der Waals surface area contributed by atoms with Gasteiger partial charge in [0, 0.05) is 18.8 Å².